The molecular weight excluding hydrogens is 280 g/mol. The van der Waals surface area contributed by atoms with Crippen LogP contribution in [0.15, 0.2) is 24.3 Å². The largest absolute Gasteiger partial charge is 0.486 e. The first-order valence-corrected chi connectivity index (χ1v) is 7.91. The van der Waals surface area contributed by atoms with E-state index in [2.05, 4.69) is 0 Å². The maximum absolute atomic E-state index is 12.1. The van der Waals surface area contributed by atoms with Crippen LogP contribution in [-0.4, -0.2) is 56.9 Å². The summed E-state index contributed by atoms with van der Waals surface area (Å²) in [4.78, 5) is 0. The second-order valence-electron chi connectivity index (χ2n) is 4.74. The van der Waals surface area contributed by atoms with E-state index in [9.17, 15) is 8.42 Å². The van der Waals surface area contributed by atoms with Crippen LogP contribution in [0.4, 0.5) is 0 Å². The minimum Gasteiger partial charge on any atom is -0.486 e. The topological polar surface area (TPSA) is 59.1 Å². The van der Waals surface area contributed by atoms with E-state index in [1.807, 2.05) is 24.3 Å². The number of nitrogens with zero attached hydrogens (tertiary/aromatic N) is 2. The summed E-state index contributed by atoms with van der Waals surface area (Å²) < 4.78 is 38.2. The third-order valence-electron chi connectivity index (χ3n) is 3.12. The number of hydrogen-bond donors (Lipinski definition) is 0. The molecule has 1 aliphatic heterocycles. The Morgan fingerprint density at radius 1 is 1.25 bits per heavy atom. The van der Waals surface area contributed by atoms with Gasteiger partial charge in [-0.2, -0.15) is 17.0 Å². The number of hydrogen-bond acceptors (Lipinski definition) is 4. The second kappa shape index (κ2) is 5.99. The lowest BCUT2D eigenvalue weighted by molar-refractivity contribution is 0.0762. The van der Waals surface area contributed by atoms with Crippen LogP contribution in [0.25, 0.3) is 0 Å². The van der Waals surface area contributed by atoms with E-state index in [0.717, 1.165) is 0 Å². The van der Waals surface area contributed by atoms with Gasteiger partial charge in [0.15, 0.2) is 11.5 Å². The fraction of sp³-hybridized carbons (Fsp3) is 0.538. The van der Waals surface area contributed by atoms with Gasteiger partial charge in [-0.1, -0.05) is 19.1 Å². The van der Waals surface area contributed by atoms with Gasteiger partial charge in [0, 0.05) is 20.6 Å². The quantitative estimate of drug-likeness (QED) is 0.812. The molecule has 112 valence electrons. The molecular formula is C13H20N2O4S. The molecule has 0 amide bonds. The number of para-hydroxylation sites is 2. The summed E-state index contributed by atoms with van der Waals surface area (Å²) in [7, 11) is -0.396. The molecule has 0 saturated heterocycles. The Labute approximate surface area is 120 Å². The highest BCUT2D eigenvalue weighted by Gasteiger charge is 2.29. The average Bonchev–Trinajstić information content (AvgIpc) is 2.44. The molecule has 20 heavy (non-hydrogen) atoms. The zero-order valence-corrected chi connectivity index (χ0v) is 12.8. The van der Waals surface area contributed by atoms with Crippen LogP contribution in [0.3, 0.4) is 0 Å². The van der Waals surface area contributed by atoms with Crippen LogP contribution in [0.5, 0.6) is 11.5 Å². The van der Waals surface area contributed by atoms with Crippen molar-refractivity contribution in [3.63, 3.8) is 0 Å². The van der Waals surface area contributed by atoms with Crippen LogP contribution in [0.2, 0.25) is 0 Å². The van der Waals surface area contributed by atoms with Crippen molar-refractivity contribution >= 4 is 10.2 Å². The van der Waals surface area contributed by atoms with Crippen molar-refractivity contribution in [2.24, 2.45) is 0 Å². The normalized spacial score (nSPS) is 18.6. The molecule has 7 heteroatoms. The fourth-order valence-electron chi connectivity index (χ4n) is 2.00. The molecule has 0 aliphatic carbocycles. The minimum atomic E-state index is -3.43. The van der Waals surface area contributed by atoms with E-state index in [-0.39, 0.29) is 12.6 Å². The van der Waals surface area contributed by atoms with Gasteiger partial charge < -0.3 is 9.47 Å². The Balaban J connectivity index is 2.08. The number of ether oxygens (including phenoxy) is 2. The molecule has 0 N–H and O–H groups in total. The van der Waals surface area contributed by atoms with Crippen molar-refractivity contribution in [3.05, 3.63) is 24.3 Å². The van der Waals surface area contributed by atoms with Gasteiger partial charge in [-0.15, -0.1) is 0 Å². The van der Waals surface area contributed by atoms with Crippen LogP contribution in [0.1, 0.15) is 6.92 Å². The van der Waals surface area contributed by atoms with Crippen LogP contribution >= 0.6 is 0 Å². The predicted molar refractivity (Wildman–Crippen MR) is 76.2 cm³/mol. The van der Waals surface area contributed by atoms with Crippen LogP contribution in [-0.2, 0) is 10.2 Å². The lowest BCUT2D eigenvalue weighted by Crippen LogP contribution is -2.47. The maximum atomic E-state index is 12.1. The highest BCUT2D eigenvalue weighted by atomic mass is 32.2. The van der Waals surface area contributed by atoms with Crippen molar-refractivity contribution in [1.82, 2.24) is 8.61 Å². The maximum Gasteiger partial charge on any atom is 0.281 e. The molecule has 2 rings (SSSR count). The number of fused-ring (bicyclic) bond motifs is 1. The number of likely N-dealkylation sites (N-methyl/N-ethyl adjacent to an activating group) is 1. The Morgan fingerprint density at radius 2 is 1.90 bits per heavy atom. The van der Waals surface area contributed by atoms with E-state index in [1.54, 1.807) is 6.92 Å². The first-order chi connectivity index (χ1) is 9.45. The average molecular weight is 300 g/mol. The molecule has 1 aromatic carbocycles. The van der Waals surface area contributed by atoms with Gasteiger partial charge >= 0.3 is 0 Å². The SMILES string of the molecule is CCN(C[C@H]1COc2ccccc2O1)S(=O)(=O)N(C)C. The van der Waals surface area contributed by atoms with E-state index >= 15 is 0 Å². The minimum absolute atomic E-state index is 0.269. The molecule has 0 unspecified atom stereocenters. The van der Waals surface area contributed by atoms with E-state index < -0.39 is 10.2 Å². The second-order valence-corrected chi connectivity index (χ2v) is 6.88. The molecule has 1 atom stereocenters. The summed E-state index contributed by atoms with van der Waals surface area (Å²) >= 11 is 0. The lowest BCUT2D eigenvalue weighted by Gasteiger charge is -2.31. The first kappa shape index (κ1) is 15.1. The van der Waals surface area contributed by atoms with Crippen molar-refractivity contribution in [1.29, 1.82) is 0 Å². The Kier molecular flexibility index (Phi) is 4.52. The molecule has 0 fully saturated rings. The van der Waals surface area contributed by atoms with E-state index in [4.69, 9.17) is 9.47 Å². The van der Waals surface area contributed by atoms with Gasteiger partial charge in [0.1, 0.15) is 12.7 Å². The smallest absolute Gasteiger partial charge is 0.281 e. The Hall–Kier alpha value is -1.31. The van der Waals surface area contributed by atoms with Gasteiger partial charge in [0.25, 0.3) is 10.2 Å². The summed E-state index contributed by atoms with van der Waals surface area (Å²) in [5.41, 5.74) is 0. The summed E-state index contributed by atoms with van der Waals surface area (Å²) in [6.45, 7) is 2.81. The monoisotopic (exact) mass is 300 g/mol. The summed E-state index contributed by atoms with van der Waals surface area (Å²) in [5, 5.41) is 0. The van der Waals surface area contributed by atoms with Gasteiger partial charge in [-0.3, -0.25) is 0 Å². The van der Waals surface area contributed by atoms with Crippen LogP contribution in [0, 0.1) is 0 Å². The van der Waals surface area contributed by atoms with Gasteiger partial charge in [0.05, 0.1) is 6.54 Å². The summed E-state index contributed by atoms with van der Waals surface area (Å²) in [5.74, 6) is 1.35. The third kappa shape index (κ3) is 3.05. The molecule has 1 aliphatic rings. The number of benzene rings is 1. The number of rotatable bonds is 5. The zero-order chi connectivity index (χ0) is 14.8. The molecule has 0 spiro atoms. The summed E-state index contributed by atoms with van der Waals surface area (Å²) in [6.07, 6.45) is -0.306. The van der Waals surface area contributed by atoms with Crippen molar-refractivity contribution < 1.29 is 17.9 Å². The van der Waals surface area contributed by atoms with Crippen molar-refractivity contribution in [2.45, 2.75) is 13.0 Å². The van der Waals surface area contributed by atoms with E-state index in [0.29, 0.717) is 24.7 Å². The lowest BCUT2D eigenvalue weighted by atomic mass is 10.2. The molecule has 1 heterocycles. The first-order valence-electron chi connectivity index (χ1n) is 6.51. The molecule has 0 bridgehead atoms. The highest BCUT2D eigenvalue weighted by molar-refractivity contribution is 7.86. The summed E-state index contributed by atoms with van der Waals surface area (Å²) in [6, 6.07) is 7.38. The zero-order valence-electron chi connectivity index (χ0n) is 11.9. The molecule has 0 saturated carbocycles. The highest BCUT2D eigenvalue weighted by Crippen LogP contribution is 2.31. The predicted octanol–water partition coefficient (Wildman–Crippen LogP) is 0.955. The fourth-order valence-corrected chi connectivity index (χ4v) is 3.14. The molecule has 6 nitrogen and oxygen atoms in total. The van der Waals surface area contributed by atoms with Crippen LogP contribution < -0.4 is 9.47 Å². The molecule has 0 radical (unpaired) electrons. The molecule has 1 aromatic rings. The molecule has 0 aromatic heterocycles. The Morgan fingerprint density at radius 3 is 2.50 bits per heavy atom. The van der Waals surface area contributed by atoms with Crippen molar-refractivity contribution in [2.75, 3.05) is 33.8 Å². The van der Waals surface area contributed by atoms with E-state index in [1.165, 1.54) is 22.7 Å². The van der Waals surface area contributed by atoms with Gasteiger partial charge in [-0.05, 0) is 12.1 Å². The Bertz CT molecular complexity index is 559. The van der Waals surface area contributed by atoms with Crippen molar-refractivity contribution in [3.8, 4) is 11.5 Å². The van der Waals surface area contributed by atoms with Gasteiger partial charge in [0.2, 0.25) is 0 Å². The van der Waals surface area contributed by atoms with Gasteiger partial charge in [-0.25, -0.2) is 0 Å². The standard InChI is InChI=1S/C13H20N2O4S/c1-4-15(20(16,17)14(2)3)9-11-10-18-12-7-5-6-8-13(12)19-11/h5-8,11H,4,9-10H2,1-3H3/t11-/m0/s1. The third-order valence-corrected chi connectivity index (χ3v) is 5.10.